The van der Waals surface area contributed by atoms with Crippen LogP contribution in [0.15, 0.2) is 23.0 Å². The molecular weight excluding hydrogens is 232 g/mol. The molecule has 0 aromatic rings. The van der Waals surface area contributed by atoms with Gasteiger partial charge in [-0.1, -0.05) is 36.9 Å². The fourth-order valence-electron chi connectivity index (χ4n) is 1.91. The van der Waals surface area contributed by atoms with Crippen molar-refractivity contribution < 1.29 is 0 Å². The molecule has 0 saturated carbocycles. The molecule has 3 heteroatoms. The molecule has 1 N–H and O–H groups in total. The molecule has 0 saturated heterocycles. The van der Waals surface area contributed by atoms with Gasteiger partial charge in [0.2, 0.25) is 0 Å². The first-order valence-corrected chi connectivity index (χ1v) is 7.30. The Morgan fingerprint density at radius 3 is 2.12 bits per heavy atom. The van der Waals surface area contributed by atoms with E-state index < -0.39 is 0 Å². The Morgan fingerprint density at radius 2 is 1.81 bits per heavy atom. The van der Waals surface area contributed by atoms with Crippen molar-refractivity contribution >= 4 is 18.5 Å². The Bertz CT molecular complexity index is 257. The largest absolute Gasteiger partial charge is 0.304 e. The highest BCUT2D eigenvalue weighted by molar-refractivity contribution is 7.22. The van der Waals surface area contributed by atoms with Crippen LogP contribution < -0.4 is 5.32 Å². The van der Waals surface area contributed by atoms with Gasteiger partial charge in [-0.05, 0) is 33.1 Å². The minimum absolute atomic E-state index is 0.434. The zero-order valence-corrected chi connectivity index (χ0v) is 13.6. The minimum atomic E-state index is 0.434. The molecule has 0 radical (unpaired) electrons. The van der Waals surface area contributed by atoms with Crippen LogP contribution in [-0.4, -0.2) is 11.8 Å². The lowest BCUT2D eigenvalue weighted by molar-refractivity contribution is 0.464. The van der Waals surface area contributed by atoms with Crippen molar-refractivity contribution in [1.82, 2.24) is 5.32 Å². The Balaban J connectivity index is 4.93. The lowest BCUT2D eigenvalue weighted by Crippen LogP contribution is -2.39. The number of hydrogen-bond donors (Lipinski definition) is 1. The summed E-state index contributed by atoms with van der Waals surface area (Å²) in [5.74, 6) is 0.952. The third-order valence-corrected chi connectivity index (χ3v) is 4.03. The van der Waals surface area contributed by atoms with Crippen LogP contribution in [0.2, 0.25) is 0 Å². The van der Waals surface area contributed by atoms with Gasteiger partial charge in [-0.15, -0.1) is 18.5 Å². The fourth-order valence-corrected chi connectivity index (χ4v) is 2.31. The van der Waals surface area contributed by atoms with Gasteiger partial charge in [0.05, 0.1) is 0 Å². The summed E-state index contributed by atoms with van der Waals surface area (Å²) in [6.45, 7) is 10.9. The summed E-state index contributed by atoms with van der Waals surface area (Å²) < 4.78 is 0. The van der Waals surface area contributed by atoms with Crippen molar-refractivity contribution in [3.05, 3.63) is 23.0 Å². The summed E-state index contributed by atoms with van der Waals surface area (Å²) >= 11 is 0. The third-order valence-electron chi connectivity index (χ3n) is 2.98. The summed E-state index contributed by atoms with van der Waals surface area (Å²) in [5.41, 5.74) is 1.49. The second kappa shape index (κ2) is 8.40. The molecule has 0 aliphatic rings. The molecule has 0 bridgehead atoms. The Morgan fingerprint density at radius 1 is 1.25 bits per heavy atom. The van der Waals surface area contributed by atoms with E-state index in [1.165, 1.54) is 10.9 Å². The second-order valence-corrected chi connectivity index (χ2v) is 5.89. The van der Waals surface area contributed by atoms with Crippen LogP contribution in [0.4, 0.5) is 0 Å². The van der Waals surface area contributed by atoms with Crippen LogP contribution in [0.1, 0.15) is 41.0 Å². The zero-order valence-electron chi connectivity index (χ0n) is 11.2. The van der Waals surface area contributed by atoms with Gasteiger partial charge in [0.1, 0.15) is 0 Å². The lowest BCUT2D eigenvalue weighted by atomic mass is 9.91. The molecule has 1 nitrogen and oxygen atoms in total. The quantitative estimate of drug-likeness (QED) is 0.563. The molecule has 5 unspecified atom stereocenters. The van der Waals surface area contributed by atoms with Gasteiger partial charge in [0, 0.05) is 11.8 Å². The van der Waals surface area contributed by atoms with Gasteiger partial charge in [0.15, 0.2) is 0 Å². The van der Waals surface area contributed by atoms with Gasteiger partial charge >= 0.3 is 0 Å². The SMILES string of the molecule is CC=C(P)C(C)C(NC(C)P)/C(=C/C)CC. The summed E-state index contributed by atoms with van der Waals surface area (Å²) in [5, 5.41) is 5.01. The summed E-state index contributed by atoms with van der Waals surface area (Å²) in [7, 11) is 5.67. The van der Waals surface area contributed by atoms with Crippen molar-refractivity contribution in [2.24, 2.45) is 5.92 Å². The molecule has 0 rings (SSSR count). The maximum absolute atomic E-state index is 3.64. The van der Waals surface area contributed by atoms with E-state index in [-0.39, 0.29) is 0 Å². The topological polar surface area (TPSA) is 12.0 Å². The van der Waals surface area contributed by atoms with Crippen LogP contribution >= 0.6 is 18.5 Å². The Labute approximate surface area is 106 Å². The zero-order chi connectivity index (χ0) is 12.7. The molecule has 0 aliphatic carbocycles. The van der Waals surface area contributed by atoms with E-state index in [2.05, 4.69) is 70.6 Å². The smallest absolute Gasteiger partial charge is 0.0350 e. The highest BCUT2D eigenvalue weighted by atomic mass is 31.0. The molecule has 5 atom stereocenters. The molecule has 94 valence electrons. The van der Waals surface area contributed by atoms with Gasteiger partial charge in [0.25, 0.3) is 0 Å². The number of hydrogen-bond acceptors (Lipinski definition) is 1. The van der Waals surface area contributed by atoms with E-state index in [0.717, 1.165) is 6.42 Å². The first-order chi connectivity index (χ1) is 7.47. The normalized spacial score (nSPS) is 19.4. The standard InChI is InChI=1S/C13H27NP2/c1-6-11(7-2)13(14-10(5)15)9(4)12(16)8-3/h6,8-10,13-14H,7,15-16H2,1-5H3/b11-6+,12-8?. The molecule has 16 heavy (non-hydrogen) atoms. The molecular formula is C13H27NP2. The molecule has 0 spiro atoms. The van der Waals surface area contributed by atoms with Crippen LogP contribution in [0.5, 0.6) is 0 Å². The highest BCUT2D eigenvalue weighted by Crippen LogP contribution is 2.27. The summed E-state index contributed by atoms with van der Waals surface area (Å²) in [4.78, 5) is 0. The first kappa shape index (κ1) is 16.3. The van der Waals surface area contributed by atoms with Gasteiger partial charge in [-0.3, -0.25) is 0 Å². The minimum Gasteiger partial charge on any atom is -0.304 e. The van der Waals surface area contributed by atoms with E-state index >= 15 is 0 Å². The van der Waals surface area contributed by atoms with Crippen LogP contribution in [-0.2, 0) is 0 Å². The molecule has 0 heterocycles. The molecule has 0 amide bonds. The van der Waals surface area contributed by atoms with Crippen LogP contribution in [0, 0.1) is 5.92 Å². The van der Waals surface area contributed by atoms with Crippen molar-refractivity contribution in [3.8, 4) is 0 Å². The van der Waals surface area contributed by atoms with E-state index in [0.29, 0.717) is 17.7 Å². The van der Waals surface area contributed by atoms with E-state index in [9.17, 15) is 0 Å². The van der Waals surface area contributed by atoms with Crippen molar-refractivity contribution in [2.75, 3.05) is 0 Å². The lowest BCUT2D eigenvalue weighted by Gasteiger charge is -2.30. The third kappa shape index (κ3) is 5.09. The number of rotatable bonds is 6. The van der Waals surface area contributed by atoms with Crippen LogP contribution in [0.3, 0.4) is 0 Å². The summed E-state index contributed by atoms with van der Waals surface area (Å²) in [6.07, 6.45) is 5.53. The van der Waals surface area contributed by atoms with Gasteiger partial charge in [-0.2, -0.15) is 0 Å². The van der Waals surface area contributed by atoms with Crippen molar-refractivity contribution in [2.45, 2.75) is 52.9 Å². The molecule has 0 fully saturated rings. The van der Waals surface area contributed by atoms with Crippen molar-refractivity contribution in [3.63, 3.8) is 0 Å². The fraction of sp³-hybridized carbons (Fsp3) is 0.692. The molecule has 0 aromatic heterocycles. The predicted molar refractivity (Wildman–Crippen MR) is 82.8 cm³/mol. The first-order valence-electron chi connectivity index (χ1n) is 6.06. The van der Waals surface area contributed by atoms with E-state index in [1.807, 2.05) is 0 Å². The monoisotopic (exact) mass is 259 g/mol. The average molecular weight is 259 g/mol. The van der Waals surface area contributed by atoms with Crippen LogP contribution in [0.25, 0.3) is 0 Å². The highest BCUT2D eigenvalue weighted by Gasteiger charge is 2.21. The second-order valence-electron chi connectivity index (χ2n) is 4.23. The van der Waals surface area contributed by atoms with Gasteiger partial charge in [-0.25, -0.2) is 0 Å². The van der Waals surface area contributed by atoms with Gasteiger partial charge < -0.3 is 5.32 Å². The van der Waals surface area contributed by atoms with E-state index in [4.69, 9.17) is 0 Å². The number of allylic oxidation sites excluding steroid dienone is 2. The van der Waals surface area contributed by atoms with E-state index in [1.54, 1.807) is 0 Å². The Kier molecular flexibility index (Phi) is 8.56. The maximum atomic E-state index is 3.64. The summed E-state index contributed by atoms with van der Waals surface area (Å²) in [6, 6.07) is 0.436. The molecule has 0 aromatic carbocycles. The molecule has 0 aliphatic heterocycles. The maximum Gasteiger partial charge on any atom is 0.0350 e. The average Bonchev–Trinajstić information content (AvgIpc) is 2.26. The predicted octanol–water partition coefficient (Wildman–Crippen LogP) is 3.94. The van der Waals surface area contributed by atoms with Crippen molar-refractivity contribution in [1.29, 1.82) is 0 Å². The number of nitrogens with one attached hydrogen (secondary N) is 1. The Hall–Kier alpha value is 0.300.